The standard InChI is InChI=1S/C12H14ClNO2/c1-8-4-5-9(7-10(8)13)14-6-2-3-11(15)12(14)16/h4-5,7,11,15H,2-3,6H2,1H3. The molecule has 1 aromatic carbocycles. The Hall–Kier alpha value is -1.06. The summed E-state index contributed by atoms with van der Waals surface area (Å²) in [5.74, 6) is -0.230. The van der Waals surface area contributed by atoms with Crippen LogP contribution in [0, 0.1) is 6.92 Å². The van der Waals surface area contributed by atoms with E-state index in [2.05, 4.69) is 0 Å². The number of rotatable bonds is 1. The van der Waals surface area contributed by atoms with Crippen LogP contribution in [0.25, 0.3) is 0 Å². The molecule has 0 aliphatic carbocycles. The molecule has 0 bridgehead atoms. The van der Waals surface area contributed by atoms with Gasteiger partial charge >= 0.3 is 0 Å². The number of aliphatic hydroxyl groups excluding tert-OH is 1. The van der Waals surface area contributed by atoms with E-state index in [-0.39, 0.29) is 5.91 Å². The smallest absolute Gasteiger partial charge is 0.255 e. The van der Waals surface area contributed by atoms with Gasteiger partial charge in [0.1, 0.15) is 6.10 Å². The number of anilines is 1. The zero-order chi connectivity index (χ0) is 11.7. The fourth-order valence-electron chi connectivity index (χ4n) is 1.86. The summed E-state index contributed by atoms with van der Waals surface area (Å²) in [6.07, 6.45) is 0.502. The van der Waals surface area contributed by atoms with E-state index < -0.39 is 6.10 Å². The highest BCUT2D eigenvalue weighted by Gasteiger charge is 2.27. The first-order valence-electron chi connectivity index (χ1n) is 5.35. The van der Waals surface area contributed by atoms with E-state index in [1.54, 1.807) is 11.0 Å². The van der Waals surface area contributed by atoms with E-state index in [4.69, 9.17) is 11.6 Å². The quantitative estimate of drug-likeness (QED) is 0.816. The molecule has 1 N–H and O–H groups in total. The molecule has 1 saturated heterocycles. The monoisotopic (exact) mass is 239 g/mol. The summed E-state index contributed by atoms with van der Waals surface area (Å²) in [5, 5.41) is 10.2. The predicted molar refractivity (Wildman–Crippen MR) is 63.8 cm³/mol. The van der Waals surface area contributed by atoms with Crippen LogP contribution in [0.5, 0.6) is 0 Å². The molecular formula is C12H14ClNO2. The molecule has 1 aliphatic rings. The third-order valence-corrected chi connectivity index (χ3v) is 3.28. The van der Waals surface area contributed by atoms with E-state index in [9.17, 15) is 9.90 Å². The van der Waals surface area contributed by atoms with E-state index in [1.807, 2.05) is 19.1 Å². The van der Waals surface area contributed by atoms with Gasteiger partial charge in [0.2, 0.25) is 0 Å². The second-order valence-corrected chi connectivity index (χ2v) is 4.49. The van der Waals surface area contributed by atoms with Gasteiger partial charge in [-0.15, -0.1) is 0 Å². The minimum absolute atomic E-state index is 0.230. The van der Waals surface area contributed by atoms with Crippen LogP contribution in [-0.2, 0) is 4.79 Å². The van der Waals surface area contributed by atoms with Gasteiger partial charge in [-0.05, 0) is 37.5 Å². The largest absolute Gasteiger partial charge is 0.383 e. The van der Waals surface area contributed by atoms with Gasteiger partial charge in [0.15, 0.2) is 0 Å². The van der Waals surface area contributed by atoms with Gasteiger partial charge in [-0.25, -0.2) is 0 Å². The highest BCUT2D eigenvalue weighted by Crippen LogP contribution is 2.26. The van der Waals surface area contributed by atoms with Gasteiger partial charge in [0.25, 0.3) is 5.91 Å². The Kier molecular flexibility index (Phi) is 3.17. The molecule has 1 heterocycles. The van der Waals surface area contributed by atoms with Gasteiger partial charge < -0.3 is 10.0 Å². The number of benzene rings is 1. The fourth-order valence-corrected chi connectivity index (χ4v) is 2.04. The van der Waals surface area contributed by atoms with E-state index in [1.165, 1.54) is 0 Å². The Balaban J connectivity index is 2.29. The normalized spacial score (nSPS) is 21.3. The summed E-state index contributed by atoms with van der Waals surface area (Å²) in [4.78, 5) is 13.4. The van der Waals surface area contributed by atoms with Crippen LogP contribution in [-0.4, -0.2) is 23.7 Å². The SMILES string of the molecule is Cc1ccc(N2CCCC(O)C2=O)cc1Cl. The third kappa shape index (κ3) is 2.06. The Morgan fingerprint density at radius 3 is 2.94 bits per heavy atom. The molecule has 16 heavy (non-hydrogen) atoms. The zero-order valence-corrected chi connectivity index (χ0v) is 9.87. The number of piperidine rings is 1. The molecule has 1 aromatic rings. The number of halogens is 1. The van der Waals surface area contributed by atoms with Crippen molar-refractivity contribution in [1.29, 1.82) is 0 Å². The lowest BCUT2D eigenvalue weighted by Crippen LogP contribution is -2.44. The fraction of sp³-hybridized carbons (Fsp3) is 0.417. The molecule has 3 nitrogen and oxygen atoms in total. The number of carbonyl (C=O) groups excluding carboxylic acids is 1. The molecule has 1 unspecified atom stereocenters. The predicted octanol–water partition coefficient (Wildman–Crippen LogP) is 2.14. The second-order valence-electron chi connectivity index (χ2n) is 4.08. The molecule has 4 heteroatoms. The molecule has 1 amide bonds. The Morgan fingerprint density at radius 1 is 1.50 bits per heavy atom. The summed E-state index contributed by atoms with van der Waals surface area (Å²) in [6, 6.07) is 5.51. The summed E-state index contributed by atoms with van der Waals surface area (Å²) < 4.78 is 0. The molecule has 1 atom stereocenters. The van der Waals surface area contributed by atoms with Gasteiger partial charge in [-0.2, -0.15) is 0 Å². The minimum atomic E-state index is -0.867. The number of carbonyl (C=O) groups is 1. The third-order valence-electron chi connectivity index (χ3n) is 2.88. The molecule has 0 aromatic heterocycles. The van der Waals surface area contributed by atoms with Crippen LogP contribution in [0.15, 0.2) is 18.2 Å². The number of nitrogens with zero attached hydrogens (tertiary/aromatic N) is 1. The van der Waals surface area contributed by atoms with E-state index in [0.29, 0.717) is 18.0 Å². The average molecular weight is 240 g/mol. The summed E-state index contributed by atoms with van der Waals surface area (Å²) >= 11 is 6.02. The maximum Gasteiger partial charge on any atom is 0.255 e. The number of aliphatic hydroxyl groups is 1. The Labute approximate surface area is 99.6 Å². The van der Waals surface area contributed by atoms with Gasteiger partial charge in [-0.3, -0.25) is 4.79 Å². The average Bonchev–Trinajstić information content (AvgIpc) is 2.26. The van der Waals surface area contributed by atoms with Gasteiger partial charge in [0, 0.05) is 17.3 Å². The van der Waals surface area contributed by atoms with Crippen molar-refractivity contribution in [3.05, 3.63) is 28.8 Å². The first-order valence-corrected chi connectivity index (χ1v) is 5.73. The van der Waals surface area contributed by atoms with Crippen molar-refractivity contribution in [1.82, 2.24) is 0 Å². The van der Waals surface area contributed by atoms with Crippen LogP contribution >= 0.6 is 11.6 Å². The minimum Gasteiger partial charge on any atom is -0.383 e. The summed E-state index contributed by atoms with van der Waals surface area (Å²) in [7, 11) is 0. The summed E-state index contributed by atoms with van der Waals surface area (Å²) in [5.41, 5.74) is 1.75. The number of hydrogen-bond donors (Lipinski definition) is 1. The van der Waals surface area contributed by atoms with Crippen molar-refractivity contribution in [3.8, 4) is 0 Å². The first kappa shape index (κ1) is 11.4. The number of aryl methyl sites for hydroxylation is 1. The van der Waals surface area contributed by atoms with Crippen LogP contribution in [0.3, 0.4) is 0 Å². The molecule has 0 radical (unpaired) electrons. The maximum atomic E-state index is 11.8. The van der Waals surface area contributed by atoms with Crippen LogP contribution in [0.2, 0.25) is 5.02 Å². The molecule has 1 aliphatic heterocycles. The lowest BCUT2D eigenvalue weighted by molar-refractivity contribution is -0.128. The molecule has 0 spiro atoms. The van der Waals surface area contributed by atoms with Crippen molar-refractivity contribution in [2.45, 2.75) is 25.9 Å². The molecule has 0 saturated carbocycles. The van der Waals surface area contributed by atoms with Crippen LogP contribution in [0.4, 0.5) is 5.69 Å². The number of hydrogen-bond acceptors (Lipinski definition) is 2. The van der Waals surface area contributed by atoms with Crippen LogP contribution in [0.1, 0.15) is 18.4 Å². The zero-order valence-electron chi connectivity index (χ0n) is 9.11. The van der Waals surface area contributed by atoms with Crippen molar-refractivity contribution < 1.29 is 9.90 Å². The molecule has 1 fully saturated rings. The molecule has 2 rings (SSSR count). The highest BCUT2D eigenvalue weighted by atomic mass is 35.5. The van der Waals surface area contributed by atoms with Crippen molar-refractivity contribution in [2.24, 2.45) is 0 Å². The van der Waals surface area contributed by atoms with E-state index in [0.717, 1.165) is 17.7 Å². The lowest BCUT2D eigenvalue weighted by atomic mass is 10.1. The molecule has 86 valence electrons. The van der Waals surface area contributed by atoms with Crippen molar-refractivity contribution in [3.63, 3.8) is 0 Å². The molecular weight excluding hydrogens is 226 g/mol. The van der Waals surface area contributed by atoms with E-state index >= 15 is 0 Å². The summed E-state index contributed by atoms with van der Waals surface area (Å²) in [6.45, 7) is 2.56. The second kappa shape index (κ2) is 4.44. The van der Waals surface area contributed by atoms with Crippen molar-refractivity contribution >= 4 is 23.2 Å². The maximum absolute atomic E-state index is 11.8. The van der Waals surface area contributed by atoms with Crippen molar-refractivity contribution in [2.75, 3.05) is 11.4 Å². The first-order chi connectivity index (χ1) is 7.59. The Bertz CT molecular complexity index is 419. The van der Waals surface area contributed by atoms with Crippen LogP contribution < -0.4 is 4.90 Å². The Morgan fingerprint density at radius 2 is 2.25 bits per heavy atom. The highest BCUT2D eigenvalue weighted by molar-refractivity contribution is 6.31. The number of amides is 1. The van der Waals surface area contributed by atoms with Gasteiger partial charge in [0.05, 0.1) is 0 Å². The lowest BCUT2D eigenvalue weighted by Gasteiger charge is -2.30. The topological polar surface area (TPSA) is 40.5 Å². The van der Waals surface area contributed by atoms with Gasteiger partial charge in [-0.1, -0.05) is 17.7 Å².